The van der Waals surface area contributed by atoms with Crippen molar-refractivity contribution in [3.8, 4) is 0 Å². The highest BCUT2D eigenvalue weighted by Gasteiger charge is 2.09. The van der Waals surface area contributed by atoms with Gasteiger partial charge in [0, 0.05) is 49.4 Å². The van der Waals surface area contributed by atoms with E-state index in [-0.39, 0.29) is 36.5 Å². The third kappa shape index (κ3) is 5.94. The van der Waals surface area contributed by atoms with Crippen LogP contribution in [0.1, 0.15) is 33.6 Å². The summed E-state index contributed by atoms with van der Waals surface area (Å²) in [4.78, 5) is 46.9. The second kappa shape index (κ2) is 9.86. The maximum atomic E-state index is 12.0. The third-order valence-corrected chi connectivity index (χ3v) is 3.89. The molecule has 0 aliphatic carbocycles. The molecular formula is C20H22N4O4. The fraction of sp³-hybridized carbons (Fsp3) is 0.200. The van der Waals surface area contributed by atoms with Gasteiger partial charge in [-0.05, 0) is 48.5 Å². The molecule has 2 aromatic carbocycles. The number of nitrogens with one attached hydrogen (secondary N) is 4. The number of rotatable bonds is 7. The van der Waals surface area contributed by atoms with Crippen LogP contribution in [0.3, 0.4) is 0 Å². The van der Waals surface area contributed by atoms with Crippen molar-refractivity contribution in [3.05, 3.63) is 59.7 Å². The van der Waals surface area contributed by atoms with E-state index in [1.165, 1.54) is 0 Å². The van der Waals surface area contributed by atoms with Gasteiger partial charge in [-0.25, -0.2) is 0 Å². The molecule has 0 aliphatic rings. The first-order valence-electron chi connectivity index (χ1n) is 8.67. The molecule has 4 amide bonds. The number of carbonyl (C=O) groups excluding carboxylic acids is 4. The van der Waals surface area contributed by atoms with Gasteiger partial charge in [-0.2, -0.15) is 0 Å². The Morgan fingerprint density at radius 1 is 0.607 bits per heavy atom. The molecule has 0 spiro atoms. The van der Waals surface area contributed by atoms with E-state index in [0.717, 1.165) is 0 Å². The van der Waals surface area contributed by atoms with Gasteiger partial charge in [0.15, 0.2) is 0 Å². The predicted octanol–water partition coefficient (Wildman–Crippen LogP) is 1.76. The Bertz CT molecular complexity index is 787. The largest absolute Gasteiger partial charge is 0.355 e. The van der Waals surface area contributed by atoms with Crippen LogP contribution in [0.4, 0.5) is 11.4 Å². The van der Waals surface area contributed by atoms with Gasteiger partial charge in [-0.15, -0.1) is 0 Å². The molecule has 0 aliphatic heterocycles. The molecule has 146 valence electrons. The van der Waals surface area contributed by atoms with Crippen LogP contribution < -0.4 is 21.3 Å². The first-order chi connectivity index (χ1) is 13.4. The molecule has 0 bridgehead atoms. The SMILES string of the molecule is CNC(=O)c1ccc(NC(=O)CCC(=O)Nc2ccc(C(=O)NC)cc2)cc1. The minimum absolute atomic E-state index is 0.0132. The summed E-state index contributed by atoms with van der Waals surface area (Å²) < 4.78 is 0. The Hall–Kier alpha value is -3.68. The number of hydrogen-bond acceptors (Lipinski definition) is 4. The van der Waals surface area contributed by atoms with Crippen LogP contribution in [0.15, 0.2) is 48.5 Å². The second-order valence-corrected chi connectivity index (χ2v) is 5.91. The molecule has 8 nitrogen and oxygen atoms in total. The second-order valence-electron chi connectivity index (χ2n) is 5.91. The summed E-state index contributed by atoms with van der Waals surface area (Å²) in [7, 11) is 3.08. The van der Waals surface area contributed by atoms with Gasteiger partial charge >= 0.3 is 0 Å². The van der Waals surface area contributed by atoms with E-state index in [2.05, 4.69) is 21.3 Å². The number of carbonyl (C=O) groups is 4. The molecule has 2 rings (SSSR count). The molecule has 0 unspecified atom stereocenters. The molecule has 8 heteroatoms. The molecule has 4 N–H and O–H groups in total. The molecule has 0 heterocycles. The zero-order chi connectivity index (χ0) is 20.5. The van der Waals surface area contributed by atoms with Gasteiger partial charge < -0.3 is 21.3 Å². The van der Waals surface area contributed by atoms with Gasteiger partial charge in [-0.1, -0.05) is 0 Å². The van der Waals surface area contributed by atoms with Crippen molar-refractivity contribution in [3.63, 3.8) is 0 Å². The van der Waals surface area contributed by atoms with Gasteiger partial charge in [0.1, 0.15) is 0 Å². The summed E-state index contributed by atoms with van der Waals surface area (Å²) in [5.74, 6) is -1.04. The van der Waals surface area contributed by atoms with Crippen molar-refractivity contribution in [2.24, 2.45) is 0 Å². The lowest BCUT2D eigenvalue weighted by molar-refractivity contribution is -0.121. The van der Waals surface area contributed by atoms with Crippen molar-refractivity contribution in [2.75, 3.05) is 24.7 Å². The van der Waals surface area contributed by atoms with E-state index in [9.17, 15) is 19.2 Å². The van der Waals surface area contributed by atoms with Crippen LogP contribution in [-0.2, 0) is 9.59 Å². The number of amides is 4. The standard InChI is InChI=1S/C20H22N4O4/c1-21-19(27)13-3-7-15(8-4-13)23-17(25)11-12-18(26)24-16-9-5-14(6-10-16)20(28)22-2/h3-10H,11-12H2,1-2H3,(H,21,27)(H,22,28)(H,23,25)(H,24,26). The lowest BCUT2D eigenvalue weighted by Crippen LogP contribution is -2.19. The lowest BCUT2D eigenvalue weighted by Gasteiger charge is -2.08. The monoisotopic (exact) mass is 382 g/mol. The number of hydrogen-bond donors (Lipinski definition) is 4. The summed E-state index contributed by atoms with van der Waals surface area (Å²) in [6, 6.07) is 12.9. The van der Waals surface area contributed by atoms with Crippen molar-refractivity contribution in [1.29, 1.82) is 0 Å². The van der Waals surface area contributed by atoms with Crippen molar-refractivity contribution in [1.82, 2.24) is 10.6 Å². The Labute approximate surface area is 162 Å². The highest BCUT2D eigenvalue weighted by Crippen LogP contribution is 2.12. The summed E-state index contributed by atoms with van der Waals surface area (Å²) in [6.07, 6.45) is 0.0265. The summed E-state index contributed by atoms with van der Waals surface area (Å²) in [5.41, 5.74) is 2.07. The van der Waals surface area contributed by atoms with Crippen LogP contribution >= 0.6 is 0 Å². The zero-order valence-corrected chi connectivity index (χ0v) is 15.7. The molecule has 2 aromatic rings. The van der Waals surface area contributed by atoms with Crippen LogP contribution in [-0.4, -0.2) is 37.7 Å². The third-order valence-electron chi connectivity index (χ3n) is 3.89. The smallest absolute Gasteiger partial charge is 0.251 e. The zero-order valence-electron chi connectivity index (χ0n) is 15.7. The topological polar surface area (TPSA) is 116 Å². The molecule has 0 radical (unpaired) electrons. The fourth-order valence-corrected chi connectivity index (χ4v) is 2.37. The minimum Gasteiger partial charge on any atom is -0.355 e. The molecule has 0 saturated carbocycles. The first kappa shape index (κ1) is 20.6. The van der Waals surface area contributed by atoms with Crippen molar-refractivity contribution in [2.45, 2.75) is 12.8 Å². The minimum atomic E-state index is -0.308. The van der Waals surface area contributed by atoms with E-state index >= 15 is 0 Å². The molecule has 28 heavy (non-hydrogen) atoms. The highest BCUT2D eigenvalue weighted by atomic mass is 16.2. The first-order valence-corrected chi connectivity index (χ1v) is 8.67. The number of anilines is 2. The van der Waals surface area contributed by atoms with Gasteiger partial charge in [0.2, 0.25) is 11.8 Å². The Balaban J connectivity index is 1.79. The lowest BCUT2D eigenvalue weighted by atomic mass is 10.2. The summed E-state index contributed by atoms with van der Waals surface area (Å²) >= 11 is 0. The van der Waals surface area contributed by atoms with E-state index in [1.54, 1.807) is 62.6 Å². The molecule has 0 atom stereocenters. The maximum absolute atomic E-state index is 12.0. The van der Waals surface area contributed by atoms with E-state index in [1.807, 2.05) is 0 Å². The highest BCUT2D eigenvalue weighted by molar-refractivity contribution is 5.98. The summed E-state index contributed by atoms with van der Waals surface area (Å²) in [5, 5.41) is 10.4. The van der Waals surface area contributed by atoms with Crippen LogP contribution in [0.25, 0.3) is 0 Å². The summed E-state index contributed by atoms with van der Waals surface area (Å²) in [6.45, 7) is 0. The Kier molecular flexibility index (Phi) is 7.27. The Morgan fingerprint density at radius 3 is 1.21 bits per heavy atom. The molecule has 0 fully saturated rings. The van der Waals surface area contributed by atoms with Crippen LogP contribution in [0.2, 0.25) is 0 Å². The predicted molar refractivity (Wildman–Crippen MR) is 106 cm³/mol. The van der Waals surface area contributed by atoms with E-state index < -0.39 is 0 Å². The normalized spacial score (nSPS) is 9.93. The fourth-order valence-electron chi connectivity index (χ4n) is 2.37. The average Bonchev–Trinajstić information content (AvgIpc) is 2.72. The van der Waals surface area contributed by atoms with E-state index in [0.29, 0.717) is 22.5 Å². The average molecular weight is 382 g/mol. The maximum Gasteiger partial charge on any atom is 0.251 e. The Morgan fingerprint density at radius 2 is 0.929 bits per heavy atom. The van der Waals surface area contributed by atoms with Gasteiger partial charge in [0.25, 0.3) is 11.8 Å². The van der Waals surface area contributed by atoms with Gasteiger partial charge in [0.05, 0.1) is 0 Å². The molecule has 0 aromatic heterocycles. The molecular weight excluding hydrogens is 360 g/mol. The van der Waals surface area contributed by atoms with Crippen LogP contribution in [0, 0.1) is 0 Å². The van der Waals surface area contributed by atoms with E-state index in [4.69, 9.17) is 0 Å². The van der Waals surface area contributed by atoms with Crippen molar-refractivity contribution >= 4 is 35.0 Å². The van der Waals surface area contributed by atoms with Gasteiger partial charge in [-0.3, -0.25) is 19.2 Å². The number of benzene rings is 2. The van der Waals surface area contributed by atoms with Crippen LogP contribution in [0.5, 0.6) is 0 Å². The molecule has 0 saturated heterocycles. The van der Waals surface area contributed by atoms with Crippen molar-refractivity contribution < 1.29 is 19.2 Å². The quantitative estimate of drug-likeness (QED) is 0.584.